The zero-order chi connectivity index (χ0) is 6.69. The second kappa shape index (κ2) is 2.67. The lowest BCUT2D eigenvalue weighted by Crippen LogP contribution is -2.04. The third-order valence-corrected chi connectivity index (χ3v) is 1.40. The molecular formula is C7H10O2. The van der Waals surface area contributed by atoms with Crippen molar-refractivity contribution < 1.29 is 9.53 Å². The zero-order valence-corrected chi connectivity index (χ0v) is 5.30. The molecular weight excluding hydrogens is 116 g/mol. The minimum absolute atomic E-state index is 0.0677. The summed E-state index contributed by atoms with van der Waals surface area (Å²) in [5.41, 5.74) is 0. The Hall–Kier alpha value is -0.790. The van der Waals surface area contributed by atoms with E-state index >= 15 is 0 Å². The van der Waals surface area contributed by atoms with Crippen LogP contribution in [0.1, 0.15) is 19.3 Å². The average molecular weight is 126 g/mol. The minimum atomic E-state index is -0.0677. The third-order valence-electron chi connectivity index (χ3n) is 1.40. The second-order valence-electron chi connectivity index (χ2n) is 2.17. The van der Waals surface area contributed by atoms with Gasteiger partial charge in [0.05, 0.1) is 0 Å². The molecule has 0 unspecified atom stereocenters. The van der Waals surface area contributed by atoms with Crippen molar-refractivity contribution >= 4 is 5.97 Å². The normalized spacial score (nSPS) is 25.8. The summed E-state index contributed by atoms with van der Waals surface area (Å²) in [4.78, 5) is 10.5. The Balaban J connectivity index is 2.29. The van der Waals surface area contributed by atoms with Gasteiger partial charge in [-0.2, -0.15) is 0 Å². The molecule has 0 aromatic carbocycles. The number of carbonyl (C=O) groups is 1. The molecule has 0 aromatic rings. The molecule has 2 heteroatoms. The summed E-state index contributed by atoms with van der Waals surface area (Å²) in [5, 5.41) is 0. The van der Waals surface area contributed by atoms with Gasteiger partial charge in [-0.3, -0.25) is 4.79 Å². The first-order chi connectivity index (χ1) is 4.33. The van der Waals surface area contributed by atoms with Crippen LogP contribution in [0, 0.1) is 0 Å². The fraction of sp³-hybridized carbons (Fsp3) is 0.571. The van der Waals surface area contributed by atoms with E-state index in [9.17, 15) is 4.79 Å². The van der Waals surface area contributed by atoms with Crippen LogP contribution in [0.4, 0.5) is 0 Å². The zero-order valence-electron chi connectivity index (χ0n) is 5.30. The monoisotopic (exact) mass is 126 g/mol. The van der Waals surface area contributed by atoms with Gasteiger partial charge in [0.15, 0.2) is 0 Å². The van der Waals surface area contributed by atoms with Crippen molar-refractivity contribution in [1.29, 1.82) is 0 Å². The number of hydrogen-bond donors (Lipinski definition) is 0. The van der Waals surface area contributed by atoms with Crippen LogP contribution in [-0.2, 0) is 9.53 Å². The minimum Gasteiger partial charge on any atom is -0.462 e. The van der Waals surface area contributed by atoms with E-state index < -0.39 is 0 Å². The maximum atomic E-state index is 10.5. The molecule has 0 amide bonds. The van der Waals surface area contributed by atoms with Gasteiger partial charge in [0.2, 0.25) is 0 Å². The first-order valence-corrected chi connectivity index (χ1v) is 3.13. The second-order valence-corrected chi connectivity index (χ2v) is 2.17. The lowest BCUT2D eigenvalue weighted by Gasteiger charge is -2.02. The van der Waals surface area contributed by atoms with E-state index in [1.165, 1.54) is 0 Å². The van der Waals surface area contributed by atoms with E-state index in [4.69, 9.17) is 4.74 Å². The van der Waals surface area contributed by atoms with E-state index in [1.54, 1.807) is 6.08 Å². The maximum Gasteiger partial charge on any atom is 0.306 e. The SMILES string of the molecule is C=CC[C@H]1CCC(=O)O1. The first-order valence-electron chi connectivity index (χ1n) is 3.13. The number of hydrogen-bond acceptors (Lipinski definition) is 2. The molecule has 0 aliphatic carbocycles. The molecule has 0 bridgehead atoms. The summed E-state index contributed by atoms with van der Waals surface area (Å²) in [6.45, 7) is 3.56. The third kappa shape index (κ3) is 1.56. The molecule has 1 atom stereocenters. The summed E-state index contributed by atoms with van der Waals surface area (Å²) < 4.78 is 4.89. The summed E-state index contributed by atoms with van der Waals surface area (Å²) >= 11 is 0. The number of ether oxygens (including phenoxy) is 1. The number of cyclic esters (lactones) is 1. The molecule has 0 saturated carbocycles. The van der Waals surface area contributed by atoms with Gasteiger partial charge in [0, 0.05) is 12.8 Å². The van der Waals surface area contributed by atoms with Crippen LogP contribution in [-0.4, -0.2) is 12.1 Å². The van der Waals surface area contributed by atoms with Gasteiger partial charge in [-0.05, 0) is 6.42 Å². The van der Waals surface area contributed by atoms with E-state index in [0.29, 0.717) is 6.42 Å². The van der Waals surface area contributed by atoms with Gasteiger partial charge in [-0.15, -0.1) is 6.58 Å². The van der Waals surface area contributed by atoms with Crippen LogP contribution >= 0.6 is 0 Å². The Labute approximate surface area is 54.5 Å². The van der Waals surface area contributed by atoms with Crippen molar-refractivity contribution in [1.82, 2.24) is 0 Å². The largest absolute Gasteiger partial charge is 0.462 e. The predicted octanol–water partition coefficient (Wildman–Crippen LogP) is 1.27. The summed E-state index contributed by atoms with van der Waals surface area (Å²) in [7, 11) is 0. The average Bonchev–Trinajstić information content (AvgIpc) is 2.17. The molecule has 0 N–H and O–H groups in total. The molecule has 1 aliphatic heterocycles. The molecule has 1 saturated heterocycles. The van der Waals surface area contributed by atoms with Crippen LogP contribution < -0.4 is 0 Å². The van der Waals surface area contributed by atoms with Gasteiger partial charge in [-0.25, -0.2) is 0 Å². The van der Waals surface area contributed by atoms with E-state index in [0.717, 1.165) is 12.8 Å². The standard InChI is InChI=1S/C7H10O2/c1-2-3-6-4-5-7(8)9-6/h2,6H,1,3-5H2/t6-/m0/s1. The lowest BCUT2D eigenvalue weighted by molar-refractivity contribution is -0.141. The summed E-state index contributed by atoms with van der Waals surface area (Å²) in [6.07, 6.45) is 4.15. The number of carbonyl (C=O) groups excluding carboxylic acids is 1. The highest BCUT2D eigenvalue weighted by Crippen LogP contribution is 2.16. The van der Waals surface area contributed by atoms with Gasteiger partial charge < -0.3 is 4.74 Å². The summed E-state index contributed by atoms with van der Waals surface area (Å²) in [5.74, 6) is -0.0677. The Morgan fingerprint density at radius 1 is 1.89 bits per heavy atom. The highest BCUT2D eigenvalue weighted by molar-refractivity contribution is 5.71. The molecule has 1 rings (SSSR count). The molecule has 0 aromatic heterocycles. The molecule has 50 valence electrons. The highest BCUT2D eigenvalue weighted by atomic mass is 16.5. The lowest BCUT2D eigenvalue weighted by atomic mass is 10.2. The predicted molar refractivity (Wildman–Crippen MR) is 33.9 cm³/mol. The Bertz CT molecular complexity index is 129. The smallest absolute Gasteiger partial charge is 0.306 e. The Morgan fingerprint density at radius 2 is 2.67 bits per heavy atom. The first kappa shape index (κ1) is 6.33. The van der Waals surface area contributed by atoms with E-state index in [1.807, 2.05) is 0 Å². The van der Waals surface area contributed by atoms with Crippen LogP contribution in [0.2, 0.25) is 0 Å². The molecule has 0 radical (unpaired) electrons. The van der Waals surface area contributed by atoms with Crippen molar-refractivity contribution in [2.45, 2.75) is 25.4 Å². The van der Waals surface area contributed by atoms with Gasteiger partial charge in [0.1, 0.15) is 6.10 Å². The fourth-order valence-corrected chi connectivity index (χ4v) is 0.934. The fourth-order valence-electron chi connectivity index (χ4n) is 0.934. The number of rotatable bonds is 2. The highest BCUT2D eigenvalue weighted by Gasteiger charge is 2.21. The van der Waals surface area contributed by atoms with Crippen LogP contribution in [0.15, 0.2) is 12.7 Å². The van der Waals surface area contributed by atoms with Crippen molar-refractivity contribution in [3.8, 4) is 0 Å². The van der Waals surface area contributed by atoms with E-state index in [-0.39, 0.29) is 12.1 Å². The number of esters is 1. The molecule has 1 fully saturated rings. The van der Waals surface area contributed by atoms with Gasteiger partial charge in [-0.1, -0.05) is 6.08 Å². The Kier molecular flexibility index (Phi) is 1.88. The maximum absolute atomic E-state index is 10.5. The Morgan fingerprint density at radius 3 is 3.11 bits per heavy atom. The van der Waals surface area contributed by atoms with Crippen molar-refractivity contribution in [3.63, 3.8) is 0 Å². The van der Waals surface area contributed by atoms with Gasteiger partial charge >= 0.3 is 5.97 Å². The quantitative estimate of drug-likeness (QED) is 0.411. The van der Waals surface area contributed by atoms with Gasteiger partial charge in [0.25, 0.3) is 0 Å². The van der Waals surface area contributed by atoms with Crippen LogP contribution in [0.3, 0.4) is 0 Å². The van der Waals surface area contributed by atoms with Crippen molar-refractivity contribution in [3.05, 3.63) is 12.7 Å². The summed E-state index contributed by atoms with van der Waals surface area (Å²) in [6, 6.07) is 0. The molecule has 1 heterocycles. The van der Waals surface area contributed by atoms with Crippen molar-refractivity contribution in [2.75, 3.05) is 0 Å². The van der Waals surface area contributed by atoms with Crippen molar-refractivity contribution in [2.24, 2.45) is 0 Å². The molecule has 0 spiro atoms. The van der Waals surface area contributed by atoms with Crippen LogP contribution in [0.25, 0.3) is 0 Å². The van der Waals surface area contributed by atoms with Crippen LogP contribution in [0.5, 0.6) is 0 Å². The van der Waals surface area contributed by atoms with E-state index in [2.05, 4.69) is 6.58 Å². The molecule has 1 aliphatic rings. The molecule has 2 nitrogen and oxygen atoms in total. The topological polar surface area (TPSA) is 26.3 Å². The molecule has 9 heavy (non-hydrogen) atoms.